The summed E-state index contributed by atoms with van der Waals surface area (Å²) >= 11 is 0. The summed E-state index contributed by atoms with van der Waals surface area (Å²) < 4.78 is 82.1. The number of aryl methyl sites for hydroxylation is 1. The molecule has 2 aromatic heterocycles. The quantitative estimate of drug-likeness (QED) is 0.583. The lowest BCUT2D eigenvalue weighted by molar-refractivity contribution is -0.140. The number of ether oxygens (including phenoxy) is 2. The smallest absolute Gasteiger partial charge is 0.434 e. The van der Waals surface area contributed by atoms with E-state index in [1.54, 1.807) is 26.0 Å². The van der Waals surface area contributed by atoms with Crippen molar-refractivity contribution >= 4 is 22.6 Å². The highest BCUT2D eigenvalue weighted by molar-refractivity contribution is 6.14. The molecule has 1 amide bonds. The Bertz CT molecular complexity index is 1300. The van der Waals surface area contributed by atoms with Gasteiger partial charge in [-0.3, -0.25) is 9.36 Å². The lowest BCUT2D eigenvalue weighted by atomic mass is 10.1. The summed E-state index contributed by atoms with van der Waals surface area (Å²) in [4.78, 5) is 15.4. The van der Waals surface area contributed by atoms with Gasteiger partial charge in [-0.1, -0.05) is 6.07 Å². The zero-order chi connectivity index (χ0) is 23.7. The molecule has 3 heterocycles. The van der Waals surface area contributed by atoms with Gasteiger partial charge in [0, 0.05) is 10.9 Å². The standard InChI is InChI=1S/C20H17F5N4O3/c1-7-4-5-9(31-3)8(2)12(7)29-13-10(11(17(29)26)18(27)30)15(20(23,24)25)28-16-14(13)32-6-19(16,21)22/h4-5H,6,26H2,1-3H3,(H2,27,30). The van der Waals surface area contributed by atoms with Gasteiger partial charge < -0.3 is 20.9 Å². The molecule has 3 aromatic rings. The van der Waals surface area contributed by atoms with Crippen LogP contribution in [0.2, 0.25) is 0 Å². The number of carbonyl (C=O) groups is 1. The molecule has 7 nitrogen and oxygen atoms in total. The molecule has 4 N–H and O–H groups in total. The molecular weight excluding hydrogens is 439 g/mol. The molecule has 0 radical (unpaired) electrons. The van der Waals surface area contributed by atoms with Crippen molar-refractivity contribution in [1.82, 2.24) is 9.55 Å². The topological polar surface area (TPSA) is 105 Å². The molecule has 0 aliphatic carbocycles. The molecule has 1 aliphatic rings. The molecule has 4 rings (SSSR count). The Kier molecular flexibility index (Phi) is 4.54. The number of primary amides is 1. The SMILES string of the molecule is COc1ccc(C)c(-n2c(N)c(C(N)=O)c3c(C(F)(F)F)nc4c(c32)OCC4(F)F)c1C. The molecule has 1 aliphatic heterocycles. The molecule has 0 fully saturated rings. The zero-order valence-electron chi connectivity index (χ0n) is 17.0. The second-order valence-electron chi connectivity index (χ2n) is 7.37. The van der Waals surface area contributed by atoms with Gasteiger partial charge in [-0.25, -0.2) is 4.98 Å². The molecule has 1 aromatic carbocycles. The summed E-state index contributed by atoms with van der Waals surface area (Å²) in [5.41, 5.74) is 8.66. The van der Waals surface area contributed by atoms with Crippen molar-refractivity contribution in [3.05, 3.63) is 40.2 Å². The van der Waals surface area contributed by atoms with Gasteiger partial charge in [0.05, 0.1) is 18.4 Å². The second kappa shape index (κ2) is 6.71. The lowest BCUT2D eigenvalue weighted by Crippen LogP contribution is -2.19. The number of nitrogen functional groups attached to an aromatic ring is 1. The Hall–Kier alpha value is -3.57. The fourth-order valence-corrected chi connectivity index (χ4v) is 4.05. The van der Waals surface area contributed by atoms with Crippen LogP contribution in [0.25, 0.3) is 16.6 Å². The van der Waals surface area contributed by atoms with Crippen LogP contribution in [0.3, 0.4) is 0 Å². The van der Waals surface area contributed by atoms with Crippen LogP contribution in [0.15, 0.2) is 12.1 Å². The number of fused-ring (bicyclic) bond motifs is 3. The summed E-state index contributed by atoms with van der Waals surface area (Å²) in [6.07, 6.45) is -5.19. The van der Waals surface area contributed by atoms with Crippen LogP contribution in [0, 0.1) is 13.8 Å². The van der Waals surface area contributed by atoms with Crippen molar-refractivity contribution in [1.29, 1.82) is 0 Å². The van der Waals surface area contributed by atoms with Crippen LogP contribution in [-0.2, 0) is 12.1 Å². The third kappa shape index (κ3) is 2.85. The van der Waals surface area contributed by atoms with E-state index in [2.05, 4.69) is 4.98 Å². The van der Waals surface area contributed by atoms with Gasteiger partial charge in [0.1, 0.15) is 17.1 Å². The van der Waals surface area contributed by atoms with E-state index >= 15 is 0 Å². The minimum Gasteiger partial charge on any atom is -0.496 e. The largest absolute Gasteiger partial charge is 0.496 e. The van der Waals surface area contributed by atoms with Crippen LogP contribution in [0.5, 0.6) is 11.5 Å². The van der Waals surface area contributed by atoms with E-state index in [1.165, 1.54) is 7.11 Å². The highest BCUT2D eigenvalue weighted by Crippen LogP contribution is 2.51. The average molecular weight is 456 g/mol. The van der Waals surface area contributed by atoms with Crippen molar-refractivity contribution in [2.45, 2.75) is 25.9 Å². The van der Waals surface area contributed by atoms with Crippen molar-refractivity contribution in [3.8, 4) is 17.2 Å². The lowest BCUT2D eigenvalue weighted by Gasteiger charge is -2.18. The molecule has 0 atom stereocenters. The monoisotopic (exact) mass is 456 g/mol. The first kappa shape index (κ1) is 21.7. The van der Waals surface area contributed by atoms with E-state index in [4.69, 9.17) is 20.9 Å². The first-order chi connectivity index (χ1) is 14.8. The summed E-state index contributed by atoms with van der Waals surface area (Å²) in [5.74, 6) is -5.76. The number of pyridine rings is 1. The third-order valence-electron chi connectivity index (χ3n) is 5.38. The second-order valence-corrected chi connectivity index (χ2v) is 7.37. The zero-order valence-corrected chi connectivity index (χ0v) is 17.0. The number of aromatic nitrogens is 2. The van der Waals surface area contributed by atoms with Gasteiger partial charge in [0.15, 0.2) is 23.7 Å². The number of anilines is 1. The summed E-state index contributed by atoms with van der Waals surface area (Å²) in [5, 5.41) is -0.805. The molecule has 0 spiro atoms. The predicted octanol–water partition coefficient (Wildman–Crippen LogP) is 3.84. The molecule has 0 saturated carbocycles. The van der Waals surface area contributed by atoms with Crippen LogP contribution in [-0.4, -0.2) is 29.2 Å². The van der Waals surface area contributed by atoms with Gasteiger partial charge in [0.25, 0.3) is 5.91 Å². The van der Waals surface area contributed by atoms with Gasteiger partial charge in [0.2, 0.25) is 0 Å². The minimum atomic E-state index is -5.19. The molecule has 170 valence electrons. The number of methoxy groups -OCH3 is 1. The number of nitrogens with zero attached hydrogens (tertiary/aromatic N) is 2. The Morgan fingerprint density at radius 3 is 2.50 bits per heavy atom. The van der Waals surface area contributed by atoms with Crippen molar-refractivity contribution in [2.75, 3.05) is 19.5 Å². The molecule has 0 unspecified atom stereocenters. The summed E-state index contributed by atoms with van der Waals surface area (Å²) in [6, 6.07) is 3.24. The van der Waals surface area contributed by atoms with Crippen molar-refractivity contribution in [2.24, 2.45) is 5.73 Å². The Labute approximate surface area is 177 Å². The normalized spacial score (nSPS) is 15.0. The number of halogens is 5. The van der Waals surface area contributed by atoms with Crippen molar-refractivity contribution < 1.29 is 36.2 Å². The fraction of sp³-hybridized carbons (Fsp3) is 0.300. The van der Waals surface area contributed by atoms with E-state index in [0.29, 0.717) is 16.9 Å². The Morgan fingerprint density at radius 1 is 1.28 bits per heavy atom. The highest BCUT2D eigenvalue weighted by atomic mass is 19.4. The maximum absolute atomic E-state index is 14.4. The van der Waals surface area contributed by atoms with Crippen LogP contribution in [0.4, 0.5) is 27.8 Å². The number of amides is 1. The molecule has 0 bridgehead atoms. The predicted molar refractivity (Wildman–Crippen MR) is 104 cm³/mol. The number of carbonyl (C=O) groups excluding carboxylic acids is 1. The van der Waals surface area contributed by atoms with E-state index in [9.17, 15) is 26.7 Å². The summed E-state index contributed by atoms with van der Waals surface area (Å²) in [6.45, 7) is 2.04. The maximum atomic E-state index is 14.4. The van der Waals surface area contributed by atoms with Gasteiger partial charge in [-0.05, 0) is 25.5 Å². The summed E-state index contributed by atoms with van der Waals surface area (Å²) in [7, 11) is 1.39. The number of alkyl halides is 5. The first-order valence-electron chi connectivity index (χ1n) is 9.21. The number of benzene rings is 1. The number of rotatable bonds is 3. The van der Waals surface area contributed by atoms with E-state index < -0.39 is 64.0 Å². The fourth-order valence-electron chi connectivity index (χ4n) is 4.05. The van der Waals surface area contributed by atoms with Crippen molar-refractivity contribution in [3.63, 3.8) is 0 Å². The Morgan fingerprint density at radius 2 is 1.94 bits per heavy atom. The van der Waals surface area contributed by atoms with Gasteiger partial charge in [-0.2, -0.15) is 22.0 Å². The van der Waals surface area contributed by atoms with Crippen LogP contribution >= 0.6 is 0 Å². The van der Waals surface area contributed by atoms with Crippen LogP contribution in [0.1, 0.15) is 32.9 Å². The highest BCUT2D eigenvalue weighted by Gasteiger charge is 2.49. The first-order valence-corrected chi connectivity index (χ1v) is 9.21. The van der Waals surface area contributed by atoms with Gasteiger partial charge in [-0.15, -0.1) is 0 Å². The minimum absolute atomic E-state index is 0.236. The van der Waals surface area contributed by atoms with E-state index in [1.807, 2.05) is 0 Å². The van der Waals surface area contributed by atoms with E-state index in [0.717, 1.165) is 4.57 Å². The molecular formula is C20H17F5N4O3. The number of hydrogen-bond donors (Lipinski definition) is 2. The molecule has 32 heavy (non-hydrogen) atoms. The maximum Gasteiger partial charge on any atom is 0.434 e. The molecule has 12 heteroatoms. The number of nitrogens with two attached hydrogens (primary N) is 2. The van der Waals surface area contributed by atoms with Gasteiger partial charge >= 0.3 is 12.1 Å². The third-order valence-corrected chi connectivity index (χ3v) is 5.38. The molecule has 0 saturated heterocycles. The van der Waals surface area contributed by atoms with E-state index in [-0.39, 0.29) is 5.69 Å². The Balaban J connectivity index is 2.32. The average Bonchev–Trinajstić information content (AvgIpc) is 3.14. The van der Waals surface area contributed by atoms with Crippen LogP contribution < -0.4 is 20.9 Å². The number of hydrogen-bond acceptors (Lipinski definition) is 5.